The summed E-state index contributed by atoms with van der Waals surface area (Å²) in [6, 6.07) is 8.14. The minimum absolute atomic E-state index is 0.138. The van der Waals surface area contributed by atoms with Crippen molar-refractivity contribution in [1.82, 2.24) is 10.2 Å². The SMILES string of the molecule is CC(=O)OC1(Cc2ccccc2C)CCN(c2cn[nH]c(=O)c2Cl)CC1. The number of carbonyl (C=O) groups excluding carboxylic acids is 1. The van der Waals surface area contributed by atoms with Gasteiger partial charge in [-0.15, -0.1) is 0 Å². The molecule has 1 aliphatic heterocycles. The third kappa shape index (κ3) is 3.90. The maximum absolute atomic E-state index is 11.7. The van der Waals surface area contributed by atoms with Gasteiger partial charge < -0.3 is 9.64 Å². The molecule has 1 aromatic heterocycles. The summed E-state index contributed by atoms with van der Waals surface area (Å²) in [5, 5.41) is 6.30. The van der Waals surface area contributed by atoms with Gasteiger partial charge in [-0.1, -0.05) is 35.9 Å². The lowest BCUT2D eigenvalue weighted by Crippen LogP contribution is -2.48. The molecule has 0 amide bonds. The van der Waals surface area contributed by atoms with E-state index in [2.05, 4.69) is 29.3 Å². The fourth-order valence-corrected chi connectivity index (χ4v) is 3.74. The average Bonchev–Trinajstić information content (AvgIpc) is 2.60. The summed E-state index contributed by atoms with van der Waals surface area (Å²) in [4.78, 5) is 25.4. The van der Waals surface area contributed by atoms with Crippen molar-refractivity contribution in [2.75, 3.05) is 18.0 Å². The van der Waals surface area contributed by atoms with Crippen molar-refractivity contribution in [3.8, 4) is 0 Å². The molecule has 1 N–H and O–H groups in total. The quantitative estimate of drug-likeness (QED) is 0.831. The number of carbonyl (C=O) groups is 1. The van der Waals surface area contributed by atoms with Crippen LogP contribution in [0.3, 0.4) is 0 Å². The van der Waals surface area contributed by atoms with Crippen molar-refractivity contribution < 1.29 is 9.53 Å². The molecule has 2 aromatic rings. The Morgan fingerprint density at radius 1 is 1.35 bits per heavy atom. The Balaban J connectivity index is 1.81. The third-order valence-electron chi connectivity index (χ3n) is 4.93. The smallest absolute Gasteiger partial charge is 0.303 e. The lowest BCUT2D eigenvalue weighted by atomic mass is 9.83. The highest BCUT2D eigenvalue weighted by Gasteiger charge is 2.38. The van der Waals surface area contributed by atoms with Gasteiger partial charge in [0, 0.05) is 39.3 Å². The van der Waals surface area contributed by atoms with Crippen LogP contribution in [0.2, 0.25) is 5.02 Å². The van der Waals surface area contributed by atoms with Gasteiger partial charge in [0.2, 0.25) is 0 Å². The first kappa shape index (κ1) is 18.5. The van der Waals surface area contributed by atoms with Gasteiger partial charge in [-0.05, 0) is 18.1 Å². The van der Waals surface area contributed by atoms with Crippen molar-refractivity contribution >= 4 is 23.3 Å². The predicted octanol–water partition coefficient (Wildman–Crippen LogP) is 2.88. The first-order chi connectivity index (χ1) is 12.4. The minimum atomic E-state index is -0.546. The summed E-state index contributed by atoms with van der Waals surface area (Å²) in [5.41, 5.74) is 2.03. The van der Waals surface area contributed by atoms with E-state index in [9.17, 15) is 9.59 Å². The molecule has 0 spiro atoms. The van der Waals surface area contributed by atoms with E-state index in [4.69, 9.17) is 16.3 Å². The molecule has 0 aliphatic carbocycles. The van der Waals surface area contributed by atoms with Crippen molar-refractivity contribution in [2.45, 2.75) is 38.7 Å². The number of halogens is 1. The van der Waals surface area contributed by atoms with E-state index >= 15 is 0 Å². The van der Waals surface area contributed by atoms with Gasteiger partial charge in [0.15, 0.2) is 0 Å². The van der Waals surface area contributed by atoms with E-state index in [1.165, 1.54) is 18.1 Å². The lowest BCUT2D eigenvalue weighted by molar-refractivity contribution is -0.159. The number of anilines is 1. The second-order valence-corrected chi connectivity index (χ2v) is 7.14. The average molecular weight is 376 g/mol. The standard InChI is InChI=1S/C19H22ClN3O3/c1-13-5-3-4-6-15(13)11-19(26-14(2)24)7-9-23(10-8-19)16-12-21-22-18(25)17(16)20/h3-6,12H,7-11H2,1-2H3,(H,22,25). The van der Waals surface area contributed by atoms with Crippen LogP contribution in [0.25, 0.3) is 0 Å². The van der Waals surface area contributed by atoms with Crippen LogP contribution in [0.1, 0.15) is 30.9 Å². The minimum Gasteiger partial charge on any atom is -0.459 e. The summed E-state index contributed by atoms with van der Waals surface area (Å²) in [6.07, 6.45) is 3.55. The highest BCUT2D eigenvalue weighted by atomic mass is 35.5. The first-order valence-corrected chi connectivity index (χ1v) is 9.00. The Bertz CT molecular complexity index is 857. The number of H-pyrrole nitrogens is 1. The molecule has 2 heterocycles. The zero-order chi connectivity index (χ0) is 18.7. The molecule has 0 saturated carbocycles. The van der Waals surface area contributed by atoms with Crippen LogP contribution in [0, 0.1) is 6.92 Å². The van der Waals surface area contributed by atoms with E-state index < -0.39 is 11.2 Å². The van der Waals surface area contributed by atoms with Crippen LogP contribution in [0.4, 0.5) is 5.69 Å². The molecule has 1 fully saturated rings. The highest BCUT2D eigenvalue weighted by molar-refractivity contribution is 6.33. The topological polar surface area (TPSA) is 75.3 Å². The van der Waals surface area contributed by atoms with Crippen molar-refractivity contribution in [3.63, 3.8) is 0 Å². The molecule has 138 valence electrons. The van der Waals surface area contributed by atoms with Crippen LogP contribution in [0.5, 0.6) is 0 Å². The molecule has 1 aliphatic rings. The van der Waals surface area contributed by atoms with E-state index in [-0.39, 0.29) is 11.0 Å². The maximum Gasteiger partial charge on any atom is 0.303 e. The summed E-state index contributed by atoms with van der Waals surface area (Å²) < 4.78 is 5.79. The Hall–Kier alpha value is -2.34. The number of aryl methyl sites for hydroxylation is 1. The number of hydrogen-bond donors (Lipinski definition) is 1. The molecule has 26 heavy (non-hydrogen) atoms. The number of benzene rings is 1. The molecule has 0 radical (unpaired) electrons. The van der Waals surface area contributed by atoms with Gasteiger partial charge in [0.25, 0.3) is 5.56 Å². The third-order valence-corrected chi connectivity index (χ3v) is 5.29. The Kier molecular flexibility index (Phi) is 5.32. The molecular formula is C19H22ClN3O3. The number of hydrogen-bond acceptors (Lipinski definition) is 5. The number of aromatic nitrogens is 2. The maximum atomic E-state index is 11.7. The highest BCUT2D eigenvalue weighted by Crippen LogP contribution is 2.34. The molecular weight excluding hydrogens is 354 g/mol. The fraction of sp³-hybridized carbons (Fsp3) is 0.421. The van der Waals surface area contributed by atoms with Gasteiger partial charge in [-0.25, -0.2) is 5.10 Å². The monoisotopic (exact) mass is 375 g/mol. The molecule has 0 unspecified atom stereocenters. The molecule has 3 rings (SSSR count). The molecule has 1 saturated heterocycles. The molecule has 0 bridgehead atoms. The van der Waals surface area contributed by atoms with Crippen LogP contribution in [-0.4, -0.2) is 34.9 Å². The summed E-state index contributed by atoms with van der Waals surface area (Å²) in [6.45, 7) is 4.77. The molecule has 0 atom stereocenters. The normalized spacial score (nSPS) is 16.3. The van der Waals surface area contributed by atoms with E-state index in [1.807, 2.05) is 17.0 Å². The van der Waals surface area contributed by atoms with Crippen LogP contribution in [-0.2, 0) is 16.0 Å². The number of ether oxygens (including phenoxy) is 1. The van der Waals surface area contributed by atoms with Gasteiger partial charge in [-0.3, -0.25) is 9.59 Å². The van der Waals surface area contributed by atoms with Gasteiger partial charge >= 0.3 is 5.97 Å². The van der Waals surface area contributed by atoms with Crippen molar-refractivity contribution in [2.24, 2.45) is 0 Å². The molecule has 1 aromatic carbocycles. The Morgan fingerprint density at radius 3 is 2.69 bits per heavy atom. The predicted molar refractivity (Wildman–Crippen MR) is 101 cm³/mol. The fourth-order valence-electron chi connectivity index (χ4n) is 3.53. The second kappa shape index (κ2) is 7.50. The zero-order valence-corrected chi connectivity index (χ0v) is 15.7. The Labute approximate surface area is 157 Å². The summed E-state index contributed by atoms with van der Waals surface area (Å²) in [5.74, 6) is -0.275. The second-order valence-electron chi connectivity index (χ2n) is 6.77. The number of rotatable bonds is 4. The number of nitrogens with one attached hydrogen (secondary N) is 1. The van der Waals surface area contributed by atoms with Crippen molar-refractivity contribution in [1.29, 1.82) is 0 Å². The summed E-state index contributed by atoms with van der Waals surface area (Å²) in [7, 11) is 0. The van der Waals surface area contributed by atoms with Gasteiger partial charge in [0.05, 0.1) is 11.9 Å². The van der Waals surface area contributed by atoms with E-state index in [0.29, 0.717) is 38.0 Å². The number of nitrogens with zero attached hydrogens (tertiary/aromatic N) is 2. The first-order valence-electron chi connectivity index (χ1n) is 8.62. The summed E-state index contributed by atoms with van der Waals surface area (Å²) >= 11 is 6.12. The lowest BCUT2D eigenvalue weighted by Gasteiger charge is -2.42. The van der Waals surface area contributed by atoms with E-state index in [0.717, 1.165) is 0 Å². The van der Waals surface area contributed by atoms with Crippen LogP contribution < -0.4 is 10.5 Å². The van der Waals surface area contributed by atoms with Gasteiger partial charge in [0.1, 0.15) is 10.6 Å². The Morgan fingerprint density at radius 2 is 2.04 bits per heavy atom. The number of esters is 1. The number of piperidine rings is 1. The van der Waals surface area contributed by atoms with Crippen LogP contribution in [0.15, 0.2) is 35.3 Å². The van der Waals surface area contributed by atoms with Crippen molar-refractivity contribution in [3.05, 3.63) is 57.0 Å². The van der Waals surface area contributed by atoms with Gasteiger partial charge in [-0.2, -0.15) is 5.10 Å². The molecule has 6 nitrogen and oxygen atoms in total. The van der Waals surface area contributed by atoms with E-state index in [1.54, 1.807) is 6.20 Å². The zero-order valence-electron chi connectivity index (χ0n) is 14.9. The number of aromatic amines is 1. The molecule has 7 heteroatoms. The van der Waals surface area contributed by atoms with Crippen LogP contribution >= 0.6 is 11.6 Å². The largest absolute Gasteiger partial charge is 0.459 e.